The topological polar surface area (TPSA) is 75.6 Å². The third-order valence-electron chi connectivity index (χ3n) is 5.41. The van der Waals surface area contributed by atoms with Crippen molar-refractivity contribution in [3.05, 3.63) is 54.1 Å². The summed E-state index contributed by atoms with van der Waals surface area (Å²) in [6.07, 6.45) is 3.59. The number of hydrogen-bond acceptors (Lipinski definition) is 4. The molecule has 0 saturated heterocycles. The molecule has 0 heterocycles. The van der Waals surface area contributed by atoms with E-state index in [9.17, 15) is 14.7 Å². The van der Waals surface area contributed by atoms with Gasteiger partial charge in [-0.25, -0.2) is 4.79 Å². The predicted octanol–water partition coefficient (Wildman–Crippen LogP) is 4.30. The Kier molecular flexibility index (Phi) is 6.34. The lowest BCUT2D eigenvalue weighted by molar-refractivity contribution is -0.130. The summed E-state index contributed by atoms with van der Waals surface area (Å²) < 4.78 is 5.35. The highest BCUT2D eigenvalue weighted by molar-refractivity contribution is 5.92. The van der Waals surface area contributed by atoms with Crippen LogP contribution in [0.25, 0.3) is 11.1 Å². The zero-order chi connectivity index (χ0) is 20.1. The number of ether oxygens (including phenoxy) is 1. The molecular formula is C23H27NO4. The Balaban J connectivity index is 1.57. The van der Waals surface area contributed by atoms with Crippen molar-refractivity contribution in [2.45, 2.75) is 51.7 Å². The van der Waals surface area contributed by atoms with Crippen LogP contribution < -0.4 is 5.32 Å². The lowest BCUT2D eigenvalue weighted by Gasteiger charge is -2.30. The number of phenolic OH excluding ortho intramolecular Hbond substituents is 1. The van der Waals surface area contributed by atoms with Crippen LogP contribution in [0.4, 0.5) is 0 Å². The Hall–Kier alpha value is -2.82. The smallest absolute Gasteiger partial charge is 0.338 e. The normalized spacial score (nSPS) is 20.2. The van der Waals surface area contributed by atoms with Crippen molar-refractivity contribution in [3.8, 4) is 16.9 Å². The second-order valence-electron chi connectivity index (χ2n) is 7.55. The first-order valence-electron chi connectivity index (χ1n) is 9.85. The molecule has 0 bridgehead atoms. The van der Waals surface area contributed by atoms with Crippen LogP contribution >= 0.6 is 0 Å². The number of benzene rings is 2. The van der Waals surface area contributed by atoms with Crippen molar-refractivity contribution in [1.82, 2.24) is 5.32 Å². The maximum absolute atomic E-state index is 12.4. The van der Waals surface area contributed by atoms with E-state index in [-0.39, 0.29) is 17.7 Å². The van der Waals surface area contributed by atoms with Gasteiger partial charge >= 0.3 is 5.97 Å². The third kappa shape index (κ3) is 4.91. The van der Waals surface area contributed by atoms with E-state index in [0.717, 1.165) is 30.4 Å². The molecule has 3 atom stereocenters. The molecule has 1 aliphatic rings. The van der Waals surface area contributed by atoms with Gasteiger partial charge in [0.15, 0.2) is 6.10 Å². The molecule has 0 aliphatic heterocycles. The van der Waals surface area contributed by atoms with E-state index in [1.54, 1.807) is 43.3 Å². The number of carbonyl (C=O) groups excluding carboxylic acids is 2. The van der Waals surface area contributed by atoms with Gasteiger partial charge in [-0.05, 0) is 61.1 Å². The van der Waals surface area contributed by atoms with Crippen molar-refractivity contribution < 1.29 is 19.4 Å². The summed E-state index contributed by atoms with van der Waals surface area (Å²) >= 11 is 0. The highest BCUT2D eigenvalue weighted by atomic mass is 16.5. The molecule has 148 valence electrons. The summed E-state index contributed by atoms with van der Waals surface area (Å²) in [5.74, 6) is -0.101. The molecule has 0 spiro atoms. The summed E-state index contributed by atoms with van der Waals surface area (Å²) in [4.78, 5) is 24.8. The van der Waals surface area contributed by atoms with Gasteiger partial charge in [-0.2, -0.15) is 0 Å². The van der Waals surface area contributed by atoms with Crippen molar-refractivity contribution in [1.29, 1.82) is 0 Å². The average Bonchev–Trinajstić information content (AvgIpc) is 2.70. The van der Waals surface area contributed by atoms with Crippen molar-refractivity contribution >= 4 is 11.9 Å². The van der Waals surface area contributed by atoms with Gasteiger partial charge < -0.3 is 15.2 Å². The van der Waals surface area contributed by atoms with Gasteiger partial charge in [0.05, 0.1) is 5.56 Å². The van der Waals surface area contributed by atoms with Crippen LogP contribution in [0.5, 0.6) is 5.75 Å². The number of phenols is 1. The molecule has 5 nitrogen and oxygen atoms in total. The molecule has 1 saturated carbocycles. The highest BCUT2D eigenvalue weighted by Crippen LogP contribution is 2.24. The number of rotatable bonds is 5. The molecule has 0 unspecified atom stereocenters. The zero-order valence-corrected chi connectivity index (χ0v) is 16.4. The summed E-state index contributed by atoms with van der Waals surface area (Å²) in [5, 5.41) is 12.4. The fraction of sp³-hybridized carbons (Fsp3) is 0.391. The largest absolute Gasteiger partial charge is 0.508 e. The van der Waals surface area contributed by atoms with Crippen LogP contribution in [-0.2, 0) is 9.53 Å². The molecule has 2 N–H and O–H groups in total. The lowest BCUT2D eigenvalue weighted by atomic mass is 9.86. The van der Waals surface area contributed by atoms with Crippen LogP contribution in [0.15, 0.2) is 48.5 Å². The molecule has 2 aromatic rings. The van der Waals surface area contributed by atoms with Crippen molar-refractivity contribution in [2.75, 3.05) is 0 Å². The minimum atomic E-state index is -0.835. The van der Waals surface area contributed by atoms with E-state index in [1.165, 1.54) is 6.42 Å². The minimum absolute atomic E-state index is 0.159. The number of carbonyl (C=O) groups is 2. The van der Waals surface area contributed by atoms with Crippen LogP contribution in [0, 0.1) is 5.92 Å². The van der Waals surface area contributed by atoms with Crippen LogP contribution in [-0.4, -0.2) is 29.1 Å². The minimum Gasteiger partial charge on any atom is -0.508 e. The Labute approximate surface area is 165 Å². The fourth-order valence-electron chi connectivity index (χ4n) is 3.57. The third-order valence-corrected chi connectivity index (χ3v) is 5.41. The standard InChI is InChI=1S/C23H27NO4/c1-15-5-3-4-6-21(15)24-22(26)16(2)28-23(27)19-9-7-17(8-10-19)18-11-13-20(25)14-12-18/h7-16,21,25H,3-6H2,1-2H3,(H,24,26)/t15-,16-,21+/m0/s1. The van der Waals surface area contributed by atoms with Gasteiger partial charge in [-0.1, -0.05) is 44.0 Å². The maximum atomic E-state index is 12.4. The number of esters is 1. The van der Waals surface area contributed by atoms with Gasteiger partial charge in [0.25, 0.3) is 5.91 Å². The Morgan fingerprint density at radius 3 is 2.18 bits per heavy atom. The van der Waals surface area contributed by atoms with Crippen molar-refractivity contribution in [3.63, 3.8) is 0 Å². The molecule has 1 fully saturated rings. The quantitative estimate of drug-likeness (QED) is 0.757. The van der Waals surface area contributed by atoms with Crippen LogP contribution in [0.2, 0.25) is 0 Å². The van der Waals surface area contributed by atoms with Crippen LogP contribution in [0.1, 0.15) is 49.9 Å². The van der Waals surface area contributed by atoms with Gasteiger partial charge in [-0.3, -0.25) is 4.79 Å². The van der Waals surface area contributed by atoms with Crippen molar-refractivity contribution in [2.24, 2.45) is 5.92 Å². The summed E-state index contributed by atoms with van der Waals surface area (Å²) in [6.45, 7) is 3.75. The van der Waals surface area contributed by atoms with Gasteiger partial charge in [0, 0.05) is 6.04 Å². The average molecular weight is 381 g/mol. The van der Waals surface area contributed by atoms with Gasteiger partial charge in [-0.15, -0.1) is 0 Å². The Morgan fingerprint density at radius 1 is 1.00 bits per heavy atom. The maximum Gasteiger partial charge on any atom is 0.338 e. The zero-order valence-electron chi connectivity index (χ0n) is 16.4. The number of aromatic hydroxyl groups is 1. The molecule has 1 amide bonds. The van der Waals surface area contributed by atoms with Crippen LogP contribution in [0.3, 0.4) is 0 Å². The molecule has 0 radical (unpaired) electrons. The second-order valence-corrected chi connectivity index (χ2v) is 7.55. The molecular weight excluding hydrogens is 354 g/mol. The van der Waals surface area contributed by atoms with E-state index in [2.05, 4.69) is 12.2 Å². The number of amides is 1. The Morgan fingerprint density at radius 2 is 1.57 bits per heavy atom. The highest BCUT2D eigenvalue weighted by Gasteiger charge is 2.26. The molecule has 1 aliphatic carbocycles. The number of nitrogens with one attached hydrogen (secondary N) is 1. The summed E-state index contributed by atoms with van der Waals surface area (Å²) in [6, 6.07) is 14.0. The first-order valence-corrected chi connectivity index (χ1v) is 9.85. The number of hydrogen-bond donors (Lipinski definition) is 2. The van der Waals surface area contributed by atoms with Gasteiger partial charge in [0.1, 0.15) is 5.75 Å². The monoisotopic (exact) mass is 381 g/mol. The Bertz CT molecular complexity index is 814. The van der Waals surface area contributed by atoms with E-state index in [4.69, 9.17) is 4.74 Å². The molecule has 2 aromatic carbocycles. The summed E-state index contributed by atoms with van der Waals surface area (Å²) in [7, 11) is 0. The van der Waals surface area contributed by atoms with E-state index in [0.29, 0.717) is 11.5 Å². The first kappa shape index (κ1) is 19.9. The summed E-state index contributed by atoms with van der Waals surface area (Å²) in [5.41, 5.74) is 2.26. The van der Waals surface area contributed by atoms with Gasteiger partial charge in [0.2, 0.25) is 0 Å². The molecule has 0 aromatic heterocycles. The molecule has 5 heteroatoms. The van der Waals surface area contributed by atoms with E-state index >= 15 is 0 Å². The molecule has 3 rings (SSSR count). The first-order chi connectivity index (χ1) is 13.4. The SMILES string of the molecule is C[C@H](OC(=O)c1ccc(-c2ccc(O)cc2)cc1)C(=O)N[C@@H]1CCCC[C@@H]1C. The van der Waals surface area contributed by atoms with E-state index in [1.807, 2.05) is 12.1 Å². The lowest BCUT2D eigenvalue weighted by Crippen LogP contribution is -2.45. The fourth-order valence-corrected chi connectivity index (χ4v) is 3.57. The molecule has 28 heavy (non-hydrogen) atoms. The van der Waals surface area contributed by atoms with E-state index < -0.39 is 12.1 Å². The predicted molar refractivity (Wildman–Crippen MR) is 108 cm³/mol. The second kappa shape index (κ2) is 8.91.